The number of halogens is 1. The number of nitrogens with zero attached hydrogens (tertiary/aromatic N) is 2. The van der Waals surface area contributed by atoms with Crippen LogP contribution in [0.1, 0.15) is 50.3 Å². The lowest BCUT2D eigenvalue weighted by molar-refractivity contribution is -0.152. The zero-order valence-corrected chi connectivity index (χ0v) is 27.4. The number of fused-ring (bicyclic) bond motifs is 1. The van der Waals surface area contributed by atoms with E-state index in [-0.39, 0.29) is 18.2 Å². The standard InChI is InChI=1S/C37H44FN3O5/c1-6-41-34(29-11-8-7-10-25(29)13-15-45-5)31(21-37(3,4)22-46-36(44)33-12-9-14-40(23-42)39-33)30-19-27(20-32(38)35(30)41)26-16-24(2)17-28(43)18-26/h7-8,10-11,16-20,23,33,39,43H,6,9,12-15,21-22H2,1-5H3/t33-/m0/s1. The molecule has 1 atom stereocenters. The maximum atomic E-state index is 16.3. The summed E-state index contributed by atoms with van der Waals surface area (Å²) in [5, 5.41) is 12.5. The topological polar surface area (TPSA) is 93.0 Å². The second kappa shape index (κ2) is 14.1. The number of rotatable bonds is 12. The Bertz CT molecular complexity index is 1710. The number of carbonyl (C=O) groups is 2. The Morgan fingerprint density at radius 2 is 1.91 bits per heavy atom. The van der Waals surface area contributed by atoms with Crippen molar-refractivity contribution in [3.05, 3.63) is 77.1 Å². The first-order valence-electron chi connectivity index (χ1n) is 15.9. The van der Waals surface area contributed by atoms with Crippen molar-refractivity contribution in [2.45, 2.75) is 66.0 Å². The number of hydrogen-bond donors (Lipinski definition) is 2. The summed E-state index contributed by atoms with van der Waals surface area (Å²) < 4.78 is 29.7. The van der Waals surface area contributed by atoms with Crippen LogP contribution in [0.2, 0.25) is 0 Å². The first-order valence-corrected chi connectivity index (χ1v) is 15.9. The Balaban J connectivity index is 1.62. The lowest BCUT2D eigenvalue weighted by Gasteiger charge is -2.31. The Kier molecular flexibility index (Phi) is 10.1. The van der Waals surface area contributed by atoms with Gasteiger partial charge in [0.25, 0.3) is 0 Å². The van der Waals surface area contributed by atoms with Gasteiger partial charge in [0.05, 0.1) is 24.4 Å². The number of hydrazine groups is 1. The van der Waals surface area contributed by atoms with Gasteiger partial charge < -0.3 is 19.1 Å². The van der Waals surface area contributed by atoms with Gasteiger partial charge in [-0.25, -0.2) is 9.82 Å². The van der Waals surface area contributed by atoms with E-state index < -0.39 is 17.4 Å². The minimum absolute atomic E-state index is 0.126. The molecule has 1 amide bonds. The molecule has 2 N–H and O–H groups in total. The van der Waals surface area contributed by atoms with Gasteiger partial charge in [-0.2, -0.15) is 0 Å². The second-order valence-electron chi connectivity index (χ2n) is 13.0. The van der Waals surface area contributed by atoms with Crippen molar-refractivity contribution in [2.24, 2.45) is 5.41 Å². The van der Waals surface area contributed by atoms with Gasteiger partial charge in [0, 0.05) is 36.6 Å². The molecule has 4 aromatic rings. The van der Waals surface area contributed by atoms with Gasteiger partial charge in [-0.05, 0) is 91.6 Å². The number of hydrogen-bond acceptors (Lipinski definition) is 6. The molecule has 244 valence electrons. The number of carbonyl (C=O) groups excluding carboxylic acids is 2. The molecule has 8 nitrogen and oxygen atoms in total. The predicted octanol–water partition coefficient (Wildman–Crippen LogP) is 6.57. The first-order chi connectivity index (χ1) is 22.0. The maximum absolute atomic E-state index is 16.3. The third kappa shape index (κ3) is 7.11. The molecule has 0 spiro atoms. The molecule has 0 aliphatic carbocycles. The van der Waals surface area contributed by atoms with E-state index in [1.54, 1.807) is 25.3 Å². The lowest BCUT2D eigenvalue weighted by atomic mass is 9.83. The molecule has 2 heterocycles. The molecule has 9 heteroatoms. The number of phenols is 1. The molecular weight excluding hydrogens is 585 g/mol. The molecule has 46 heavy (non-hydrogen) atoms. The zero-order chi connectivity index (χ0) is 33.0. The average molecular weight is 630 g/mol. The van der Waals surface area contributed by atoms with E-state index in [0.29, 0.717) is 62.9 Å². The molecule has 1 saturated heterocycles. The summed E-state index contributed by atoms with van der Waals surface area (Å²) in [6, 6.07) is 16.4. The number of esters is 1. The van der Waals surface area contributed by atoms with Crippen LogP contribution in [-0.2, 0) is 38.4 Å². The van der Waals surface area contributed by atoms with E-state index in [0.717, 1.165) is 38.9 Å². The first kappa shape index (κ1) is 33.2. The van der Waals surface area contributed by atoms with Gasteiger partial charge in [-0.15, -0.1) is 0 Å². The van der Waals surface area contributed by atoms with Crippen molar-refractivity contribution < 1.29 is 28.6 Å². The van der Waals surface area contributed by atoms with Crippen LogP contribution in [-0.4, -0.2) is 60.0 Å². The number of benzene rings is 3. The van der Waals surface area contributed by atoms with Gasteiger partial charge in [0.2, 0.25) is 6.41 Å². The van der Waals surface area contributed by atoms with E-state index in [9.17, 15) is 14.7 Å². The van der Waals surface area contributed by atoms with Crippen molar-refractivity contribution in [1.82, 2.24) is 15.0 Å². The van der Waals surface area contributed by atoms with Crippen LogP contribution in [0.25, 0.3) is 33.3 Å². The number of ether oxygens (including phenoxy) is 2. The number of aromatic nitrogens is 1. The van der Waals surface area contributed by atoms with Gasteiger partial charge >= 0.3 is 5.97 Å². The van der Waals surface area contributed by atoms with Crippen molar-refractivity contribution in [3.63, 3.8) is 0 Å². The molecular formula is C37H44FN3O5. The van der Waals surface area contributed by atoms with Crippen LogP contribution in [0.4, 0.5) is 4.39 Å². The fourth-order valence-corrected chi connectivity index (χ4v) is 6.53. The third-order valence-corrected chi connectivity index (χ3v) is 8.66. The quantitative estimate of drug-likeness (QED) is 0.136. The summed E-state index contributed by atoms with van der Waals surface area (Å²) >= 11 is 0. The third-order valence-electron chi connectivity index (χ3n) is 8.66. The van der Waals surface area contributed by atoms with E-state index in [4.69, 9.17) is 9.47 Å². The van der Waals surface area contributed by atoms with Gasteiger partial charge in [0.15, 0.2) is 0 Å². The SMILES string of the molecule is CCn1c(-c2ccccc2CCOC)c(CC(C)(C)COC(=O)[C@@H]2CCCN(C=O)N2)c2cc(-c3cc(C)cc(O)c3)cc(F)c21. The van der Waals surface area contributed by atoms with Crippen LogP contribution in [0.3, 0.4) is 0 Å². The molecule has 1 aliphatic heterocycles. The average Bonchev–Trinajstić information content (AvgIpc) is 3.34. The fraction of sp³-hybridized carbons (Fsp3) is 0.405. The van der Waals surface area contributed by atoms with Crippen LogP contribution in [0, 0.1) is 18.2 Å². The monoisotopic (exact) mass is 629 g/mol. The normalized spacial score (nSPS) is 15.3. The number of aromatic hydroxyl groups is 1. The van der Waals surface area contributed by atoms with Gasteiger partial charge in [-0.1, -0.05) is 44.2 Å². The Morgan fingerprint density at radius 3 is 2.63 bits per heavy atom. The molecule has 0 radical (unpaired) electrons. The number of nitrogens with one attached hydrogen (secondary N) is 1. The smallest absolute Gasteiger partial charge is 0.324 e. The summed E-state index contributed by atoms with van der Waals surface area (Å²) in [5.41, 5.74) is 9.20. The summed E-state index contributed by atoms with van der Waals surface area (Å²) in [4.78, 5) is 24.3. The van der Waals surface area contributed by atoms with Crippen LogP contribution in [0.15, 0.2) is 54.6 Å². The highest BCUT2D eigenvalue weighted by Gasteiger charge is 2.31. The van der Waals surface area contributed by atoms with Crippen molar-refractivity contribution in [2.75, 3.05) is 26.9 Å². The molecule has 1 aromatic heterocycles. The highest BCUT2D eigenvalue weighted by atomic mass is 19.1. The molecule has 0 bridgehead atoms. The predicted molar refractivity (Wildman–Crippen MR) is 178 cm³/mol. The molecule has 1 fully saturated rings. The van der Waals surface area contributed by atoms with Crippen LogP contribution < -0.4 is 5.43 Å². The van der Waals surface area contributed by atoms with Gasteiger partial charge in [0.1, 0.15) is 17.6 Å². The minimum Gasteiger partial charge on any atom is -0.508 e. The van der Waals surface area contributed by atoms with Crippen molar-refractivity contribution >= 4 is 23.3 Å². The Morgan fingerprint density at radius 1 is 1.15 bits per heavy atom. The molecule has 1 aliphatic rings. The van der Waals surface area contributed by atoms with Crippen molar-refractivity contribution in [3.8, 4) is 28.1 Å². The molecule has 3 aromatic carbocycles. The molecule has 0 unspecified atom stereocenters. The van der Waals surface area contributed by atoms with E-state index >= 15 is 4.39 Å². The number of phenolic OH excluding ortho intramolecular Hbond substituents is 1. The van der Waals surface area contributed by atoms with E-state index in [1.807, 2.05) is 56.5 Å². The minimum atomic E-state index is -0.581. The summed E-state index contributed by atoms with van der Waals surface area (Å²) in [7, 11) is 1.68. The number of amides is 1. The second-order valence-corrected chi connectivity index (χ2v) is 13.0. The van der Waals surface area contributed by atoms with E-state index in [2.05, 4.69) is 17.6 Å². The maximum Gasteiger partial charge on any atom is 0.324 e. The fourth-order valence-electron chi connectivity index (χ4n) is 6.53. The highest BCUT2D eigenvalue weighted by Crippen LogP contribution is 2.42. The number of methoxy groups -OCH3 is 1. The summed E-state index contributed by atoms with van der Waals surface area (Å²) in [5.74, 6) is -0.612. The van der Waals surface area contributed by atoms with Crippen LogP contribution >= 0.6 is 0 Å². The Hall–Kier alpha value is -4.21. The molecule has 0 saturated carbocycles. The van der Waals surface area contributed by atoms with Crippen LogP contribution in [0.5, 0.6) is 5.75 Å². The highest BCUT2D eigenvalue weighted by molar-refractivity contribution is 5.96. The lowest BCUT2D eigenvalue weighted by Crippen LogP contribution is -2.52. The summed E-state index contributed by atoms with van der Waals surface area (Å²) in [6.07, 6.45) is 3.18. The zero-order valence-electron chi connectivity index (χ0n) is 27.4. The van der Waals surface area contributed by atoms with Gasteiger partial charge in [-0.3, -0.25) is 14.6 Å². The van der Waals surface area contributed by atoms with Crippen molar-refractivity contribution in [1.29, 1.82) is 0 Å². The van der Waals surface area contributed by atoms with E-state index in [1.165, 1.54) is 5.01 Å². The molecule has 5 rings (SSSR count). The summed E-state index contributed by atoms with van der Waals surface area (Å²) in [6.45, 7) is 9.78. The number of aryl methyl sites for hydroxylation is 2. The Labute approximate surface area is 270 Å². The largest absolute Gasteiger partial charge is 0.508 e.